The molecule has 0 fully saturated rings. The molecule has 0 aliphatic heterocycles. The first kappa shape index (κ1) is 10.6. The normalized spacial score (nSPS) is 12.7. The minimum atomic E-state index is 0.541. The molecule has 0 aliphatic carbocycles. The molecule has 0 aromatic heterocycles. The average molecular weight is 166 g/mol. The predicted octanol–water partition coefficient (Wildman–Crippen LogP) is 1.63. The largest absolute Gasteiger partial charge is 0.277 e. The summed E-state index contributed by atoms with van der Waals surface area (Å²) in [6, 6.07) is 0. The second-order valence-electron chi connectivity index (χ2n) is 2.20. The lowest BCUT2D eigenvalue weighted by molar-refractivity contribution is -0.109. The molecule has 0 radical (unpaired) electrons. The summed E-state index contributed by atoms with van der Waals surface area (Å²) in [6.45, 7) is 3.88. The van der Waals surface area contributed by atoms with Crippen molar-refractivity contribution in [2.75, 3.05) is 0 Å². The quantitative estimate of drug-likeness (QED) is 0.287. The maximum atomic E-state index is 9.83. The summed E-state index contributed by atoms with van der Waals surface area (Å²) in [5.41, 5.74) is 2.99. The van der Waals surface area contributed by atoms with Gasteiger partial charge in [0, 0.05) is 0 Å². The fourth-order valence-electron chi connectivity index (χ4n) is 0.575. The molecule has 0 aromatic rings. The third kappa shape index (κ3) is 6.74. The molecule has 3 nitrogen and oxygen atoms in total. The van der Waals surface area contributed by atoms with E-state index in [9.17, 15) is 4.79 Å². The van der Waals surface area contributed by atoms with E-state index in [0.717, 1.165) is 12.1 Å². The van der Waals surface area contributed by atoms with Crippen molar-refractivity contribution in [3.8, 4) is 0 Å². The van der Waals surface area contributed by atoms with E-state index in [1.54, 1.807) is 0 Å². The number of hydrogen-bond acceptors (Lipinski definition) is 2. The summed E-state index contributed by atoms with van der Waals surface area (Å²) >= 11 is 0. The number of carbonyl (C=O) groups is 1. The Kier molecular flexibility index (Phi) is 6.84. The van der Waals surface area contributed by atoms with Crippen molar-refractivity contribution in [2.45, 2.75) is 20.3 Å². The van der Waals surface area contributed by atoms with E-state index >= 15 is 0 Å². The molecule has 3 heteroatoms. The van der Waals surface area contributed by atoms with E-state index in [0.29, 0.717) is 6.41 Å². The van der Waals surface area contributed by atoms with Crippen LogP contribution >= 0.6 is 0 Å². The molecule has 66 valence electrons. The van der Waals surface area contributed by atoms with Crippen LogP contribution in [0.1, 0.15) is 20.3 Å². The van der Waals surface area contributed by atoms with Crippen molar-refractivity contribution in [1.29, 1.82) is 0 Å². The van der Waals surface area contributed by atoms with Gasteiger partial charge in [-0.1, -0.05) is 25.2 Å². The summed E-state index contributed by atoms with van der Waals surface area (Å²) in [4.78, 5) is 9.83. The van der Waals surface area contributed by atoms with Crippen LogP contribution in [0.15, 0.2) is 29.4 Å². The van der Waals surface area contributed by atoms with Gasteiger partial charge in [0.15, 0.2) is 0 Å². The van der Waals surface area contributed by atoms with Crippen molar-refractivity contribution in [3.05, 3.63) is 24.3 Å². The molecule has 1 amide bonds. The molecule has 12 heavy (non-hydrogen) atoms. The van der Waals surface area contributed by atoms with Crippen molar-refractivity contribution in [1.82, 2.24) is 5.43 Å². The Bertz CT molecular complexity index is 205. The third-order valence-electron chi connectivity index (χ3n) is 1.11. The van der Waals surface area contributed by atoms with Gasteiger partial charge in [-0.3, -0.25) is 4.79 Å². The third-order valence-corrected chi connectivity index (χ3v) is 1.11. The number of amides is 1. The number of hydrogen-bond donors (Lipinski definition) is 1. The lowest BCUT2D eigenvalue weighted by atomic mass is 10.3. The number of carbonyl (C=O) groups excluding carboxylic acids is 1. The molecule has 1 N–H and O–H groups in total. The van der Waals surface area contributed by atoms with Crippen LogP contribution < -0.4 is 5.43 Å². The van der Waals surface area contributed by atoms with Gasteiger partial charge in [-0.2, -0.15) is 5.10 Å². The monoisotopic (exact) mass is 166 g/mol. The van der Waals surface area contributed by atoms with Crippen LogP contribution in [0.4, 0.5) is 0 Å². The van der Waals surface area contributed by atoms with Crippen LogP contribution in [0.25, 0.3) is 0 Å². The fraction of sp³-hybridized carbons (Fsp3) is 0.333. The Morgan fingerprint density at radius 3 is 2.83 bits per heavy atom. The Balaban J connectivity index is 3.81. The van der Waals surface area contributed by atoms with Gasteiger partial charge < -0.3 is 0 Å². The first-order valence-electron chi connectivity index (χ1n) is 3.88. The van der Waals surface area contributed by atoms with E-state index in [4.69, 9.17) is 0 Å². The highest BCUT2D eigenvalue weighted by Crippen LogP contribution is 1.83. The highest BCUT2D eigenvalue weighted by molar-refractivity contribution is 5.93. The van der Waals surface area contributed by atoms with E-state index in [1.807, 2.05) is 31.2 Å². The van der Waals surface area contributed by atoms with E-state index < -0.39 is 0 Å². The Labute approximate surface area is 72.9 Å². The molecule has 0 aromatic carbocycles. The highest BCUT2D eigenvalue weighted by atomic mass is 16.1. The lowest BCUT2D eigenvalue weighted by Gasteiger charge is -1.87. The van der Waals surface area contributed by atoms with Gasteiger partial charge in [0.25, 0.3) is 0 Å². The van der Waals surface area contributed by atoms with Crippen LogP contribution in [0.2, 0.25) is 0 Å². The first-order chi connectivity index (χ1) is 5.81. The Hall–Kier alpha value is -1.38. The van der Waals surface area contributed by atoms with Gasteiger partial charge in [0.2, 0.25) is 6.41 Å². The highest BCUT2D eigenvalue weighted by Gasteiger charge is 1.78. The zero-order valence-electron chi connectivity index (χ0n) is 7.45. The lowest BCUT2D eigenvalue weighted by Crippen LogP contribution is -2.03. The number of rotatable bonds is 5. The van der Waals surface area contributed by atoms with Crippen LogP contribution in [0, 0.1) is 0 Å². The van der Waals surface area contributed by atoms with Gasteiger partial charge >= 0.3 is 0 Å². The molecule has 0 spiro atoms. The average Bonchev–Trinajstić information content (AvgIpc) is 2.09. The summed E-state index contributed by atoms with van der Waals surface area (Å²) in [6.07, 6.45) is 9.25. The van der Waals surface area contributed by atoms with E-state index in [-0.39, 0.29) is 0 Å². The Morgan fingerprint density at radius 1 is 1.50 bits per heavy atom. The minimum Gasteiger partial charge on any atom is -0.277 e. The van der Waals surface area contributed by atoms with E-state index in [2.05, 4.69) is 17.5 Å². The summed E-state index contributed by atoms with van der Waals surface area (Å²) in [5, 5.41) is 3.72. The molecule has 0 saturated heterocycles. The maximum absolute atomic E-state index is 9.83. The summed E-state index contributed by atoms with van der Waals surface area (Å²) in [5.74, 6) is 0. The smallest absolute Gasteiger partial charge is 0.227 e. The van der Waals surface area contributed by atoms with Crippen molar-refractivity contribution < 1.29 is 4.79 Å². The predicted molar refractivity (Wildman–Crippen MR) is 50.9 cm³/mol. The maximum Gasteiger partial charge on any atom is 0.227 e. The molecule has 0 saturated carbocycles. The summed E-state index contributed by atoms with van der Waals surface area (Å²) < 4.78 is 0. The standard InChI is InChI=1S/C9H14N2O/c1-3-4-5-6-7-9(2)11-10-8-12/h4-8H,3H2,1-2H3,(H,10,12)/b5-4+,7-6+,11-9+. The fourth-order valence-corrected chi connectivity index (χ4v) is 0.575. The van der Waals surface area contributed by atoms with Gasteiger partial charge in [-0.15, -0.1) is 0 Å². The van der Waals surface area contributed by atoms with Crippen LogP contribution in [-0.2, 0) is 4.79 Å². The second-order valence-corrected chi connectivity index (χ2v) is 2.20. The minimum absolute atomic E-state index is 0.541. The molecule has 0 aliphatic rings. The number of nitrogens with one attached hydrogen (secondary N) is 1. The van der Waals surface area contributed by atoms with Crippen LogP contribution in [0.5, 0.6) is 0 Å². The van der Waals surface area contributed by atoms with Gasteiger partial charge in [-0.05, 0) is 19.4 Å². The topological polar surface area (TPSA) is 41.5 Å². The molecular weight excluding hydrogens is 152 g/mol. The molecular formula is C9H14N2O. The van der Waals surface area contributed by atoms with Crippen LogP contribution in [-0.4, -0.2) is 12.1 Å². The SMILES string of the molecule is CC/C=C/C=C/C(C)=N/NC=O. The number of nitrogens with zero attached hydrogens (tertiary/aromatic N) is 1. The molecule has 0 bridgehead atoms. The van der Waals surface area contributed by atoms with E-state index in [1.165, 1.54) is 0 Å². The van der Waals surface area contributed by atoms with Crippen LogP contribution in [0.3, 0.4) is 0 Å². The number of hydrazone groups is 1. The van der Waals surface area contributed by atoms with Gasteiger partial charge in [0.05, 0.1) is 5.71 Å². The second kappa shape index (κ2) is 7.72. The summed E-state index contributed by atoms with van der Waals surface area (Å²) in [7, 11) is 0. The zero-order valence-corrected chi connectivity index (χ0v) is 7.45. The van der Waals surface area contributed by atoms with Crippen molar-refractivity contribution in [3.63, 3.8) is 0 Å². The zero-order chi connectivity index (χ0) is 9.23. The van der Waals surface area contributed by atoms with Crippen molar-refractivity contribution in [2.24, 2.45) is 5.10 Å². The number of allylic oxidation sites excluding steroid dienone is 4. The molecule has 0 atom stereocenters. The molecule has 0 unspecified atom stereocenters. The van der Waals surface area contributed by atoms with Gasteiger partial charge in [-0.25, -0.2) is 5.43 Å². The first-order valence-corrected chi connectivity index (χ1v) is 3.88. The molecule has 0 rings (SSSR count). The Morgan fingerprint density at radius 2 is 2.25 bits per heavy atom. The van der Waals surface area contributed by atoms with Crippen molar-refractivity contribution >= 4 is 12.1 Å². The van der Waals surface area contributed by atoms with Gasteiger partial charge in [0.1, 0.15) is 0 Å². The molecule has 0 heterocycles.